The monoisotopic (exact) mass is 332 g/mol. The van der Waals surface area contributed by atoms with Crippen LogP contribution in [0.3, 0.4) is 0 Å². The summed E-state index contributed by atoms with van der Waals surface area (Å²) >= 11 is 3.04. The Morgan fingerprint density at radius 1 is 1.21 bits per heavy atom. The van der Waals surface area contributed by atoms with Crippen LogP contribution in [0.1, 0.15) is 5.82 Å². The van der Waals surface area contributed by atoms with Gasteiger partial charge in [0.25, 0.3) is 5.56 Å². The molecule has 1 aromatic carbocycles. The number of benzene rings is 1. The van der Waals surface area contributed by atoms with Gasteiger partial charge in [0.05, 0.1) is 5.69 Å². The number of nitrogens with zero attached hydrogens (tertiary/aromatic N) is 1. The van der Waals surface area contributed by atoms with Crippen molar-refractivity contribution in [1.82, 2.24) is 9.97 Å². The highest BCUT2D eigenvalue weighted by Gasteiger charge is 2.29. The zero-order valence-electron chi connectivity index (χ0n) is 9.46. The van der Waals surface area contributed by atoms with Gasteiger partial charge in [-0.15, -0.1) is 0 Å². The number of hydrogen-bond acceptors (Lipinski definition) is 2. The van der Waals surface area contributed by atoms with E-state index in [0.29, 0.717) is 5.56 Å². The molecule has 0 aliphatic heterocycles. The molecule has 0 saturated carbocycles. The van der Waals surface area contributed by atoms with E-state index in [9.17, 15) is 18.0 Å². The average molecular weight is 333 g/mol. The Bertz CT molecular complexity index is 638. The second kappa shape index (κ2) is 5.16. The molecule has 2 aromatic rings. The molecular weight excluding hydrogens is 325 g/mol. The molecule has 0 spiro atoms. The van der Waals surface area contributed by atoms with Crippen molar-refractivity contribution in [2.75, 3.05) is 0 Å². The van der Waals surface area contributed by atoms with Crippen LogP contribution in [0.4, 0.5) is 13.2 Å². The number of halogens is 4. The lowest BCUT2D eigenvalue weighted by molar-refractivity contribution is -0.128. The quantitative estimate of drug-likeness (QED) is 0.917. The summed E-state index contributed by atoms with van der Waals surface area (Å²) in [6.45, 7) is 0. The Labute approximate surface area is 114 Å². The minimum absolute atomic E-state index is 0.115. The summed E-state index contributed by atoms with van der Waals surface area (Å²) in [6, 6.07) is 8.54. The van der Waals surface area contributed by atoms with Crippen LogP contribution in [-0.4, -0.2) is 16.1 Å². The van der Waals surface area contributed by atoms with Crippen LogP contribution in [0.25, 0.3) is 11.3 Å². The summed E-state index contributed by atoms with van der Waals surface area (Å²) in [5.41, 5.74) is 0.139. The Morgan fingerprint density at radius 2 is 1.84 bits per heavy atom. The molecule has 0 atom stereocenters. The van der Waals surface area contributed by atoms with Gasteiger partial charge in [-0.05, 0) is 15.9 Å². The van der Waals surface area contributed by atoms with Crippen molar-refractivity contribution in [2.45, 2.75) is 12.6 Å². The van der Waals surface area contributed by atoms with Crippen LogP contribution in [0.15, 0.2) is 39.6 Å². The fraction of sp³-hybridized carbons (Fsp3) is 0.167. The molecule has 7 heteroatoms. The van der Waals surface area contributed by atoms with Crippen LogP contribution in [-0.2, 0) is 6.42 Å². The maximum atomic E-state index is 12.3. The second-order valence-electron chi connectivity index (χ2n) is 3.83. The number of alkyl halides is 3. The molecule has 1 heterocycles. The van der Waals surface area contributed by atoms with Gasteiger partial charge in [-0.3, -0.25) is 4.79 Å². The first-order valence-electron chi connectivity index (χ1n) is 5.28. The molecule has 1 N–H and O–H groups in total. The highest BCUT2D eigenvalue weighted by atomic mass is 79.9. The summed E-state index contributed by atoms with van der Waals surface area (Å²) < 4.78 is 37.1. The fourth-order valence-corrected chi connectivity index (χ4v) is 1.98. The summed E-state index contributed by atoms with van der Waals surface area (Å²) in [7, 11) is 0. The molecule has 0 bridgehead atoms. The first-order chi connectivity index (χ1) is 8.87. The molecule has 19 heavy (non-hydrogen) atoms. The highest BCUT2D eigenvalue weighted by molar-refractivity contribution is 9.10. The van der Waals surface area contributed by atoms with E-state index in [-0.39, 0.29) is 10.2 Å². The standard InChI is InChI=1S/C12H8BrF3N2O/c13-9-10(7-4-2-1-3-5-7)17-8(18-11(9)19)6-12(14,15)16/h1-5H,6H2,(H,17,18,19). The number of aromatic amines is 1. The van der Waals surface area contributed by atoms with Crippen molar-refractivity contribution in [2.24, 2.45) is 0 Å². The molecule has 1 aromatic heterocycles. The molecule has 3 nitrogen and oxygen atoms in total. The van der Waals surface area contributed by atoms with E-state index in [2.05, 4.69) is 25.9 Å². The number of rotatable bonds is 2. The van der Waals surface area contributed by atoms with Crippen molar-refractivity contribution in [3.05, 3.63) is 51.0 Å². The number of hydrogen-bond donors (Lipinski definition) is 1. The third-order valence-electron chi connectivity index (χ3n) is 2.33. The van der Waals surface area contributed by atoms with E-state index in [1.165, 1.54) is 0 Å². The fourth-order valence-electron chi connectivity index (χ4n) is 1.57. The van der Waals surface area contributed by atoms with E-state index < -0.39 is 24.0 Å². The third kappa shape index (κ3) is 3.44. The van der Waals surface area contributed by atoms with E-state index >= 15 is 0 Å². The van der Waals surface area contributed by atoms with Crippen LogP contribution in [0, 0.1) is 0 Å². The van der Waals surface area contributed by atoms with Gasteiger partial charge in [-0.2, -0.15) is 13.2 Å². The first kappa shape index (κ1) is 13.8. The van der Waals surface area contributed by atoms with Gasteiger partial charge in [-0.25, -0.2) is 4.98 Å². The summed E-state index contributed by atoms with van der Waals surface area (Å²) in [5.74, 6) is -0.403. The van der Waals surface area contributed by atoms with Gasteiger partial charge in [0.1, 0.15) is 16.7 Å². The smallest absolute Gasteiger partial charge is 0.309 e. The summed E-state index contributed by atoms with van der Waals surface area (Å²) in [6.07, 6.45) is -5.69. The van der Waals surface area contributed by atoms with E-state index in [1.54, 1.807) is 30.3 Å². The molecule has 0 saturated heterocycles. The van der Waals surface area contributed by atoms with Gasteiger partial charge in [0, 0.05) is 5.56 Å². The van der Waals surface area contributed by atoms with E-state index in [0.717, 1.165) is 0 Å². The summed E-state index contributed by atoms with van der Waals surface area (Å²) in [4.78, 5) is 17.6. The van der Waals surface area contributed by atoms with Gasteiger partial charge < -0.3 is 4.98 Å². The minimum Gasteiger partial charge on any atom is -0.309 e. The van der Waals surface area contributed by atoms with Gasteiger partial charge >= 0.3 is 6.18 Å². The zero-order valence-corrected chi connectivity index (χ0v) is 11.0. The first-order valence-corrected chi connectivity index (χ1v) is 6.07. The maximum Gasteiger partial charge on any atom is 0.396 e. The van der Waals surface area contributed by atoms with E-state index in [1.807, 2.05) is 0 Å². The highest BCUT2D eigenvalue weighted by Crippen LogP contribution is 2.25. The van der Waals surface area contributed by atoms with Crippen molar-refractivity contribution in [1.29, 1.82) is 0 Å². The van der Waals surface area contributed by atoms with Gasteiger partial charge in [0.2, 0.25) is 0 Å². The second-order valence-corrected chi connectivity index (χ2v) is 4.63. The zero-order chi connectivity index (χ0) is 14.0. The molecule has 0 unspecified atom stereocenters. The average Bonchev–Trinajstić information content (AvgIpc) is 2.33. The Hall–Kier alpha value is -1.63. The minimum atomic E-state index is -4.42. The SMILES string of the molecule is O=c1[nH]c(CC(F)(F)F)nc(-c2ccccc2)c1Br. The van der Waals surface area contributed by atoms with Crippen LogP contribution in [0.5, 0.6) is 0 Å². The normalized spacial score (nSPS) is 11.6. The molecule has 0 amide bonds. The lowest BCUT2D eigenvalue weighted by Crippen LogP contribution is -2.20. The number of H-pyrrole nitrogens is 1. The largest absolute Gasteiger partial charge is 0.396 e. The van der Waals surface area contributed by atoms with E-state index in [4.69, 9.17) is 0 Å². The third-order valence-corrected chi connectivity index (χ3v) is 3.06. The number of nitrogens with one attached hydrogen (secondary N) is 1. The van der Waals surface area contributed by atoms with Crippen LogP contribution >= 0.6 is 15.9 Å². The van der Waals surface area contributed by atoms with Crippen molar-refractivity contribution in [3.63, 3.8) is 0 Å². The molecule has 0 aliphatic rings. The Balaban J connectivity index is 2.53. The molecule has 2 rings (SSSR count). The molecule has 0 radical (unpaired) electrons. The van der Waals surface area contributed by atoms with Crippen molar-refractivity contribution < 1.29 is 13.2 Å². The topological polar surface area (TPSA) is 45.8 Å². The lowest BCUT2D eigenvalue weighted by Gasteiger charge is -2.08. The Morgan fingerprint density at radius 3 is 2.42 bits per heavy atom. The lowest BCUT2D eigenvalue weighted by atomic mass is 10.1. The molecular formula is C12H8BrF3N2O. The van der Waals surface area contributed by atoms with Crippen LogP contribution < -0.4 is 5.56 Å². The maximum absolute atomic E-state index is 12.3. The molecule has 100 valence electrons. The Kier molecular flexibility index (Phi) is 3.75. The van der Waals surface area contributed by atoms with Crippen molar-refractivity contribution in [3.8, 4) is 11.3 Å². The van der Waals surface area contributed by atoms with Crippen molar-refractivity contribution >= 4 is 15.9 Å². The molecule has 0 aliphatic carbocycles. The predicted octanol–water partition coefficient (Wildman–Crippen LogP) is 3.30. The number of aromatic nitrogens is 2. The van der Waals surface area contributed by atoms with Crippen LogP contribution in [0.2, 0.25) is 0 Å². The van der Waals surface area contributed by atoms with Gasteiger partial charge in [-0.1, -0.05) is 30.3 Å². The summed E-state index contributed by atoms with van der Waals surface area (Å²) in [5, 5.41) is 0. The predicted molar refractivity (Wildman–Crippen MR) is 67.8 cm³/mol. The van der Waals surface area contributed by atoms with Gasteiger partial charge in [0.15, 0.2) is 0 Å². The molecule has 0 fully saturated rings.